The Labute approximate surface area is 140 Å². The zero-order valence-corrected chi connectivity index (χ0v) is 16.9. The van der Waals surface area contributed by atoms with Crippen molar-refractivity contribution in [2.24, 2.45) is 0 Å². The summed E-state index contributed by atoms with van der Waals surface area (Å²) in [4.78, 5) is 8.97. The van der Waals surface area contributed by atoms with Gasteiger partial charge >= 0.3 is 5.97 Å². The lowest BCUT2D eigenvalue weighted by Crippen LogP contribution is -2.07. The minimum Gasteiger partial charge on any atom is -0.340 e. The molecule has 0 radical (unpaired) electrons. The fraction of sp³-hybridized carbons (Fsp3) is 1.00. The van der Waals surface area contributed by atoms with Crippen molar-refractivity contribution in [1.29, 1.82) is 0 Å². The van der Waals surface area contributed by atoms with E-state index in [2.05, 4.69) is 16.7 Å². The van der Waals surface area contributed by atoms with Gasteiger partial charge in [0.05, 0.1) is 0 Å². The van der Waals surface area contributed by atoms with Crippen LogP contribution in [0.1, 0.15) is 103 Å². The van der Waals surface area contributed by atoms with Crippen LogP contribution in [-0.2, 0) is 9.78 Å². The third kappa shape index (κ3) is 11.6. The molecule has 1 aliphatic rings. The molecule has 1 unspecified atom stereocenters. The van der Waals surface area contributed by atoms with Crippen LogP contribution in [0, 0.1) is 0 Å². The van der Waals surface area contributed by atoms with Gasteiger partial charge < -0.3 is 5.11 Å². The fourth-order valence-electron chi connectivity index (χ4n) is 3.10. The molecule has 4 heteroatoms. The van der Waals surface area contributed by atoms with Crippen molar-refractivity contribution in [2.45, 2.75) is 115 Å². The van der Waals surface area contributed by atoms with Crippen LogP contribution in [0.5, 0.6) is 0 Å². The Hall–Kier alpha value is 0.0969. The van der Waals surface area contributed by atoms with Gasteiger partial charge in [0.2, 0.25) is 0 Å². The highest BCUT2D eigenvalue weighted by Crippen LogP contribution is 2.31. The first kappa shape index (κ1) is 20.1. The molecule has 1 rings (SSSR count). The summed E-state index contributed by atoms with van der Waals surface area (Å²) < 4.78 is 0. The van der Waals surface area contributed by atoms with Crippen LogP contribution in [-0.4, -0.2) is 21.3 Å². The number of hydrogen-bond acceptors (Lipinski definition) is 3. The Morgan fingerprint density at radius 2 is 1.23 bits per heavy atom. The number of rotatable bonds is 16. The predicted octanol–water partition coefficient (Wildman–Crippen LogP) is 4.62. The molecule has 1 heterocycles. The van der Waals surface area contributed by atoms with Crippen molar-refractivity contribution in [3.63, 3.8) is 0 Å². The first-order chi connectivity index (χ1) is 10.7. The minimum atomic E-state index is -1.21. The highest BCUT2D eigenvalue weighted by molar-refractivity contribution is 6.11. The molecule has 0 saturated carbocycles. The van der Waals surface area contributed by atoms with E-state index >= 15 is 0 Å². The topological polar surface area (TPSA) is 45.3 Å². The van der Waals surface area contributed by atoms with Gasteiger partial charge in [0.25, 0.3) is 0 Å². The molecule has 0 aliphatic carbocycles. The highest BCUT2D eigenvalue weighted by atomic mass is 28.1. The summed E-state index contributed by atoms with van der Waals surface area (Å²) in [5.74, 6) is -1.21. The fourth-order valence-corrected chi connectivity index (χ4v) is 3.91. The molecule has 1 saturated heterocycles. The zero-order chi connectivity index (χ0) is 16.1. The van der Waals surface area contributed by atoms with Gasteiger partial charge in [0.15, 0.2) is 0 Å². The van der Waals surface area contributed by atoms with Gasteiger partial charge in [0.1, 0.15) is 0 Å². The lowest BCUT2D eigenvalue weighted by Gasteiger charge is -2.11. The van der Waals surface area contributed by atoms with E-state index < -0.39 is 5.97 Å². The van der Waals surface area contributed by atoms with Crippen molar-refractivity contribution in [3.05, 3.63) is 0 Å². The van der Waals surface area contributed by atoms with E-state index in [4.69, 9.17) is 0 Å². The first-order valence-electron chi connectivity index (χ1n) is 9.75. The Balaban J connectivity index is 1.73. The van der Waals surface area contributed by atoms with E-state index in [0.717, 1.165) is 12.0 Å². The molecule has 0 aromatic rings. The molecule has 132 valence electrons. The molecule has 0 bridgehead atoms. The van der Waals surface area contributed by atoms with Crippen molar-refractivity contribution in [2.75, 3.05) is 0 Å². The maximum atomic E-state index is 9.32. The maximum Gasteiger partial charge on any atom is 0.337 e. The van der Waals surface area contributed by atoms with Crippen LogP contribution in [0.4, 0.5) is 0 Å². The van der Waals surface area contributed by atoms with Crippen LogP contribution in [0.2, 0.25) is 5.54 Å². The van der Waals surface area contributed by atoms with Crippen LogP contribution in [0.15, 0.2) is 0 Å². The number of hydrogen-bond donors (Lipinski definition) is 1. The van der Waals surface area contributed by atoms with Crippen molar-refractivity contribution in [3.8, 4) is 0 Å². The predicted molar refractivity (Wildman–Crippen MR) is 95.7 cm³/mol. The molecule has 1 fully saturated rings. The molecule has 0 aromatic heterocycles. The molecule has 22 heavy (non-hydrogen) atoms. The second-order valence-electron chi connectivity index (χ2n) is 7.20. The quantitative estimate of drug-likeness (QED) is 0.194. The van der Waals surface area contributed by atoms with Crippen molar-refractivity contribution >= 4 is 10.2 Å². The molecule has 1 aliphatic heterocycles. The molecule has 3 nitrogen and oxygen atoms in total. The summed E-state index contributed by atoms with van der Waals surface area (Å²) in [6, 6.07) is 0. The van der Waals surface area contributed by atoms with Crippen LogP contribution in [0.3, 0.4) is 0 Å². The van der Waals surface area contributed by atoms with Crippen molar-refractivity contribution < 1.29 is 14.9 Å². The lowest BCUT2D eigenvalue weighted by atomic mass is 10.0. The Bertz CT molecular complexity index is 257. The molecular weight excluding hydrogens is 292 g/mol. The van der Waals surface area contributed by atoms with E-state index in [-0.39, 0.29) is 0 Å². The van der Waals surface area contributed by atoms with E-state index in [1.165, 1.54) is 93.7 Å². The number of unbranched alkanes of at least 4 members (excludes halogenated alkanes) is 10. The average molecular weight is 331 g/mol. The number of aliphatic hydroxyl groups is 1. The van der Waals surface area contributed by atoms with Gasteiger partial charge in [-0.15, -0.1) is 0 Å². The molecule has 0 aromatic carbocycles. The van der Waals surface area contributed by atoms with Gasteiger partial charge in [-0.2, -0.15) is 9.78 Å². The van der Waals surface area contributed by atoms with E-state index in [1.54, 1.807) is 0 Å². The van der Waals surface area contributed by atoms with Crippen LogP contribution in [0.25, 0.3) is 0 Å². The molecule has 1 N–H and O–H groups in total. The summed E-state index contributed by atoms with van der Waals surface area (Å²) in [6.45, 7) is 2.28. The smallest absolute Gasteiger partial charge is 0.337 e. The minimum absolute atomic E-state index is 0.619. The largest absolute Gasteiger partial charge is 0.340 e. The normalized spacial score (nSPS) is 17.7. The summed E-state index contributed by atoms with van der Waals surface area (Å²) in [5, 5.41) is 9.32. The monoisotopic (exact) mass is 330 g/mol. The third-order valence-corrected chi connectivity index (χ3v) is 5.92. The van der Waals surface area contributed by atoms with Gasteiger partial charge in [0, 0.05) is 16.7 Å². The summed E-state index contributed by atoms with van der Waals surface area (Å²) in [7, 11) is 1.38. The van der Waals surface area contributed by atoms with E-state index in [0.29, 0.717) is 6.42 Å². The third-order valence-electron chi connectivity index (χ3n) is 4.77. The molecule has 1 atom stereocenters. The second kappa shape index (κ2) is 12.5. The molecular formula is C18H38O3Si. The average Bonchev–Trinajstić information content (AvgIpc) is 3.23. The maximum absolute atomic E-state index is 9.32. The Kier molecular flexibility index (Phi) is 11.5. The molecule has 0 amide bonds. The Morgan fingerprint density at radius 1 is 0.773 bits per heavy atom. The van der Waals surface area contributed by atoms with Gasteiger partial charge in [-0.1, -0.05) is 95.9 Å². The van der Waals surface area contributed by atoms with E-state index in [9.17, 15) is 5.11 Å². The summed E-state index contributed by atoms with van der Waals surface area (Å²) in [6.07, 6.45) is 19.7. The van der Waals surface area contributed by atoms with Gasteiger partial charge in [-0.25, -0.2) is 0 Å². The summed E-state index contributed by atoms with van der Waals surface area (Å²) in [5.41, 5.74) is 1.05. The lowest BCUT2D eigenvalue weighted by molar-refractivity contribution is 0.0191. The van der Waals surface area contributed by atoms with Gasteiger partial charge in [-0.05, 0) is 6.42 Å². The van der Waals surface area contributed by atoms with Gasteiger partial charge in [-0.3, -0.25) is 0 Å². The van der Waals surface area contributed by atoms with Crippen LogP contribution >= 0.6 is 0 Å². The standard InChI is InChI=1S/C18H38O3Si/c1-2-3-4-5-8-11-14-17(22)15-12-9-6-7-10-13-16-18(19)20-21-18/h17,19H,2-16H2,1,22H3. The molecule has 0 spiro atoms. The summed E-state index contributed by atoms with van der Waals surface area (Å²) >= 11 is 0. The highest BCUT2D eigenvalue weighted by Gasteiger charge is 2.46. The second-order valence-corrected chi connectivity index (χ2v) is 8.83. The van der Waals surface area contributed by atoms with Crippen LogP contribution < -0.4 is 0 Å². The van der Waals surface area contributed by atoms with E-state index in [1.807, 2.05) is 0 Å². The zero-order valence-electron chi connectivity index (χ0n) is 14.9. The Morgan fingerprint density at radius 3 is 1.73 bits per heavy atom. The SMILES string of the molecule is CCCCCCCCC([SiH3])CCCCCCCCC1(O)OO1. The van der Waals surface area contributed by atoms with Crippen molar-refractivity contribution in [1.82, 2.24) is 0 Å². The first-order valence-corrected chi connectivity index (χ1v) is 10.9.